The summed E-state index contributed by atoms with van der Waals surface area (Å²) in [6.07, 6.45) is 26.0. The molecule has 2 rings (SSSR count). The van der Waals surface area contributed by atoms with Crippen molar-refractivity contribution in [1.82, 2.24) is 0 Å². The Balaban J connectivity index is 1.80. The number of allylic oxidation sites excluding steroid dienone is 3. The third-order valence-corrected chi connectivity index (χ3v) is 7.26. The number of hydrogen-bond donors (Lipinski definition) is 0. The van der Waals surface area contributed by atoms with Gasteiger partial charge >= 0.3 is 0 Å². The third-order valence-electron chi connectivity index (χ3n) is 7.26. The molecule has 2 aliphatic carbocycles. The molecular formula is C27H48O2. The zero-order valence-electron chi connectivity index (χ0n) is 19.8. The average molecular weight is 405 g/mol. The highest BCUT2D eigenvalue weighted by Gasteiger charge is 2.34. The van der Waals surface area contributed by atoms with Crippen LogP contribution in [0.1, 0.15) is 97.8 Å². The molecule has 0 aliphatic heterocycles. The molecular weight excluding hydrogens is 356 g/mol. The van der Waals surface area contributed by atoms with Gasteiger partial charge in [0.25, 0.3) is 0 Å². The topological polar surface area (TPSA) is 18.5 Å². The molecule has 0 aromatic rings. The van der Waals surface area contributed by atoms with E-state index in [9.17, 15) is 0 Å². The van der Waals surface area contributed by atoms with Gasteiger partial charge in [-0.1, -0.05) is 70.3 Å². The first kappa shape index (κ1) is 24.7. The van der Waals surface area contributed by atoms with E-state index in [-0.39, 0.29) is 0 Å². The molecule has 168 valence electrons. The van der Waals surface area contributed by atoms with Crippen molar-refractivity contribution in [3.63, 3.8) is 0 Å². The van der Waals surface area contributed by atoms with E-state index in [4.69, 9.17) is 9.47 Å². The number of ether oxygens (including phenoxy) is 2. The second-order valence-corrected chi connectivity index (χ2v) is 9.65. The lowest BCUT2D eigenvalue weighted by Crippen LogP contribution is -2.39. The number of hydrogen-bond acceptors (Lipinski definition) is 2. The summed E-state index contributed by atoms with van der Waals surface area (Å²) in [7, 11) is 1.88. The van der Waals surface area contributed by atoms with Crippen molar-refractivity contribution >= 4 is 0 Å². The molecule has 4 atom stereocenters. The zero-order valence-corrected chi connectivity index (χ0v) is 19.8. The van der Waals surface area contributed by atoms with Crippen LogP contribution < -0.4 is 0 Å². The van der Waals surface area contributed by atoms with E-state index in [0.717, 1.165) is 31.3 Å². The van der Waals surface area contributed by atoms with Gasteiger partial charge in [-0.3, -0.25) is 0 Å². The fourth-order valence-electron chi connectivity index (χ4n) is 5.29. The summed E-state index contributed by atoms with van der Waals surface area (Å²) in [5.74, 6) is 2.68. The normalized spacial score (nSPS) is 33.7. The van der Waals surface area contributed by atoms with Gasteiger partial charge in [0.05, 0.1) is 12.2 Å². The van der Waals surface area contributed by atoms with Gasteiger partial charge in [0.15, 0.2) is 0 Å². The molecule has 0 spiro atoms. The van der Waals surface area contributed by atoms with Gasteiger partial charge in [-0.2, -0.15) is 0 Å². The summed E-state index contributed by atoms with van der Waals surface area (Å²) < 4.78 is 12.2. The highest BCUT2D eigenvalue weighted by atomic mass is 16.5. The Morgan fingerprint density at radius 2 is 1.45 bits per heavy atom. The lowest BCUT2D eigenvalue weighted by Gasteiger charge is -2.38. The van der Waals surface area contributed by atoms with Crippen LogP contribution in [0.25, 0.3) is 0 Å². The maximum Gasteiger partial charge on any atom is 0.0642 e. The maximum absolute atomic E-state index is 6.44. The van der Waals surface area contributed by atoms with E-state index < -0.39 is 0 Å². The van der Waals surface area contributed by atoms with Crippen molar-refractivity contribution < 1.29 is 9.47 Å². The smallest absolute Gasteiger partial charge is 0.0642 e. The molecule has 0 bridgehead atoms. The highest BCUT2D eigenvalue weighted by molar-refractivity contribution is 5.02. The molecule has 2 saturated carbocycles. The average Bonchev–Trinajstić information content (AvgIpc) is 2.73. The van der Waals surface area contributed by atoms with Crippen LogP contribution >= 0.6 is 0 Å². The van der Waals surface area contributed by atoms with Crippen LogP contribution in [-0.4, -0.2) is 25.9 Å². The molecule has 0 saturated heterocycles. The van der Waals surface area contributed by atoms with Crippen LogP contribution in [0.2, 0.25) is 0 Å². The van der Waals surface area contributed by atoms with Crippen molar-refractivity contribution in [2.45, 2.75) is 110 Å². The van der Waals surface area contributed by atoms with E-state index in [1.54, 1.807) is 0 Å². The molecule has 2 aliphatic rings. The van der Waals surface area contributed by atoms with Crippen molar-refractivity contribution in [2.24, 2.45) is 23.7 Å². The summed E-state index contributed by atoms with van der Waals surface area (Å²) in [4.78, 5) is 0. The molecule has 0 amide bonds. The Morgan fingerprint density at radius 3 is 2.10 bits per heavy atom. The summed E-state index contributed by atoms with van der Waals surface area (Å²) >= 11 is 0. The first-order chi connectivity index (χ1) is 14.2. The molecule has 0 N–H and O–H groups in total. The summed E-state index contributed by atoms with van der Waals surface area (Å²) in [6, 6.07) is 0. The van der Waals surface area contributed by atoms with Gasteiger partial charge in [0.1, 0.15) is 0 Å². The van der Waals surface area contributed by atoms with Crippen molar-refractivity contribution in [1.29, 1.82) is 0 Å². The fraction of sp³-hybridized carbons (Fsp3) is 0.852. The number of unbranched alkanes of at least 4 members (excludes halogenated alkanes) is 5. The quantitative estimate of drug-likeness (QED) is 0.245. The third kappa shape index (κ3) is 8.97. The molecule has 4 unspecified atom stereocenters. The Bertz CT molecular complexity index is 461. The second kappa shape index (κ2) is 14.4. The Hall–Kier alpha value is -0.600. The highest BCUT2D eigenvalue weighted by Crippen LogP contribution is 2.36. The predicted octanol–water partition coefficient (Wildman–Crippen LogP) is 7.73. The Morgan fingerprint density at radius 1 is 0.793 bits per heavy atom. The minimum atomic E-state index is 0.377. The van der Waals surface area contributed by atoms with Gasteiger partial charge in [-0.25, -0.2) is 0 Å². The maximum atomic E-state index is 6.44. The predicted molar refractivity (Wildman–Crippen MR) is 125 cm³/mol. The first-order valence-corrected chi connectivity index (χ1v) is 12.6. The number of rotatable bonds is 12. The van der Waals surface area contributed by atoms with E-state index in [1.165, 1.54) is 64.2 Å². The molecule has 2 nitrogen and oxygen atoms in total. The summed E-state index contributed by atoms with van der Waals surface area (Å²) in [5, 5.41) is 0. The van der Waals surface area contributed by atoms with Crippen molar-refractivity contribution in [3.05, 3.63) is 24.3 Å². The molecule has 0 heterocycles. The monoisotopic (exact) mass is 404 g/mol. The minimum Gasteiger partial charge on any atom is -0.381 e. The van der Waals surface area contributed by atoms with Gasteiger partial charge in [0.2, 0.25) is 0 Å². The van der Waals surface area contributed by atoms with E-state index in [0.29, 0.717) is 24.0 Å². The SMILES string of the molecule is CC=CC1CCC(C=CC2CC(OC)C(C)CC2OCCCCCCCC)CC1. The van der Waals surface area contributed by atoms with E-state index in [1.807, 2.05) is 7.11 Å². The lowest BCUT2D eigenvalue weighted by molar-refractivity contribution is -0.0664. The standard InChI is InChI=1S/C27H48O2/c1-5-7-8-9-10-11-19-29-27-20-22(3)26(28-4)21-25(27)18-17-24-15-13-23(12-6-2)14-16-24/h6,12,17-18,22-27H,5,7-11,13-16,19-21H2,1-4H3. The summed E-state index contributed by atoms with van der Waals surface area (Å²) in [6.45, 7) is 7.69. The first-order valence-electron chi connectivity index (χ1n) is 12.6. The van der Waals surface area contributed by atoms with E-state index >= 15 is 0 Å². The van der Waals surface area contributed by atoms with Gasteiger partial charge in [-0.05, 0) is 69.6 Å². The van der Waals surface area contributed by atoms with Gasteiger partial charge in [-0.15, -0.1) is 0 Å². The van der Waals surface area contributed by atoms with Crippen LogP contribution in [0.3, 0.4) is 0 Å². The molecule has 2 heteroatoms. The van der Waals surface area contributed by atoms with E-state index in [2.05, 4.69) is 45.1 Å². The minimum absolute atomic E-state index is 0.377. The van der Waals surface area contributed by atoms with Gasteiger partial charge < -0.3 is 9.47 Å². The Labute approximate surface area is 181 Å². The van der Waals surface area contributed by atoms with Gasteiger partial charge in [0, 0.05) is 19.6 Å². The zero-order chi connectivity index (χ0) is 20.9. The molecule has 0 aromatic heterocycles. The second-order valence-electron chi connectivity index (χ2n) is 9.65. The van der Waals surface area contributed by atoms with Crippen LogP contribution in [0.5, 0.6) is 0 Å². The number of methoxy groups -OCH3 is 1. The summed E-state index contributed by atoms with van der Waals surface area (Å²) in [5.41, 5.74) is 0. The molecule has 0 radical (unpaired) electrons. The molecule has 29 heavy (non-hydrogen) atoms. The molecule has 0 aromatic carbocycles. The van der Waals surface area contributed by atoms with Crippen molar-refractivity contribution in [3.8, 4) is 0 Å². The van der Waals surface area contributed by atoms with Crippen LogP contribution in [0.4, 0.5) is 0 Å². The Kier molecular flexibility index (Phi) is 12.3. The molecule has 2 fully saturated rings. The van der Waals surface area contributed by atoms with Crippen LogP contribution in [0.15, 0.2) is 24.3 Å². The largest absolute Gasteiger partial charge is 0.381 e. The van der Waals surface area contributed by atoms with Crippen LogP contribution in [0, 0.1) is 23.7 Å². The van der Waals surface area contributed by atoms with Crippen LogP contribution in [-0.2, 0) is 9.47 Å². The fourth-order valence-corrected chi connectivity index (χ4v) is 5.29. The lowest BCUT2D eigenvalue weighted by atomic mass is 9.76. The van der Waals surface area contributed by atoms with Crippen molar-refractivity contribution in [2.75, 3.05) is 13.7 Å².